The average molecular weight is 250 g/mol. The molecule has 0 fully saturated rings. The monoisotopic (exact) mass is 250 g/mol. The summed E-state index contributed by atoms with van der Waals surface area (Å²) in [7, 11) is 0. The minimum atomic E-state index is -0.399. The summed E-state index contributed by atoms with van der Waals surface area (Å²) in [6.45, 7) is 0. The van der Waals surface area contributed by atoms with E-state index >= 15 is 0 Å². The van der Waals surface area contributed by atoms with Crippen molar-refractivity contribution in [3.8, 4) is 11.1 Å². The molecule has 0 aliphatic carbocycles. The third-order valence-corrected chi connectivity index (χ3v) is 3.03. The van der Waals surface area contributed by atoms with Crippen molar-refractivity contribution in [2.24, 2.45) is 0 Å². The third kappa shape index (κ3) is 1.93. The molecule has 0 N–H and O–H groups in total. The number of nitrogens with zero attached hydrogens (tertiary/aromatic N) is 2. The molecule has 0 saturated carbocycles. The molecule has 3 aromatic rings. The van der Waals surface area contributed by atoms with Gasteiger partial charge >= 0.3 is 0 Å². The second-order valence-corrected chi connectivity index (χ2v) is 4.15. The number of para-hydroxylation sites is 1. The van der Waals surface area contributed by atoms with Gasteiger partial charge in [-0.15, -0.1) is 0 Å². The van der Waals surface area contributed by atoms with E-state index in [1.54, 1.807) is 12.3 Å². The maximum atomic E-state index is 11.0. The molecule has 3 rings (SSSR count). The van der Waals surface area contributed by atoms with E-state index in [2.05, 4.69) is 4.98 Å². The zero-order valence-electron chi connectivity index (χ0n) is 9.98. The molecule has 1 aromatic heterocycles. The topological polar surface area (TPSA) is 56.0 Å². The summed E-state index contributed by atoms with van der Waals surface area (Å²) in [5.74, 6) is 0. The van der Waals surface area contributed by atoms with E-state index in [0.29, 0.717) is 5.52 Å². The lowest BCUT2D eigenvalue weighted by molar-refractivity contribution is -0.383. The number of benzene rings is 2. The zero-order chi connectivity index (χ0) is 13.2. The summed E-state index contributed by atoms with van der Waals surface area (Å²) in [6, 6.07) is 16.7. The van der Waals surface area contributed by atoms with Crippen LogP contribution in [0, 0.1) is 10.1 Å². The predicted molar refractivity (Wildman–Crippen MR) is 73.8 cm³/mol. The minimum Gasteiger partial charge on any atom is -0.258 e. The number of nitro benzene ring substituents is 1. The highest BCUT2D eigenvalue weighted by atomic mass is 16.6. The largest absolute Gasteiger partial charge is 0.295 e. The quantitative estimate of drug-likeness (QED) is 0.513. The Morgan fingerprint density at radius 1 is 0.947 bits per heavy atom. The molecular formula is C15H10N2O2. The summed E-state index contributed by atoms with van der Waals surface area (Å²) < 4.78 is 0. The molecule has 92 valence electrons. The molecule has 19 heavy (non-hydrogen) atoms. The van der Waals surface area contributed by atoms with Crippen LogP contribution in [0.5, 0.6) is 0 Å². The van der Waals surface area contributed by atoms with Crippen LogP contribution in [0.15, 0.2) is 60.8 Å². The van der Waals surface area contributed by atoms with Gasteiger partial charge in [0.1, 0.15) is 5.52 Å². The van der Waals surface area contributed by atoms with Crippen LogP contribution in [0.2, 0.25) is 0 Å². The van der Waals surface area contributed by atoms with Crippen molar-refractivity contribution in [3.63, 3.8) is 0 Å². The van der Waals surface area contributed by atoms with Gasteiger partial charge in [-0.25, -0.2) is 4.98 Å². The van der Waals surface area contributed by atoms with E-state index in [0.717, 1.165) is 16.5 Å². The highest BCUT2D eigenvalue weighted by Gasteiger charge is 2.14. The van der Waals surface area contributed by atoms with E-state index in [-0.39, 0.29) is 5.69 Å². The van der Waals surface area contributed by atoms with E-state index in [1.807, 2.05) is 42.5 Å². The van der Waals surface area contributed by atoms with Gasteiger partial charge in [-0.1, -0.05) is 42.5 Å². The number of hydrogen-bond donors (Lipinski definition) is 0. The number of non-ortho nitro benzene ring substituents is 1. The number of aromatic nitrogens is 1. The van der Waals surface area contributed by atoms with Crippen LogP contribution in [0.4, 0.5) is 5.69 Å². The third-order valence-electron chi connectivity index (χ3n) is 3.03. The molecule has 4 heteroatoms. The van der Waals surface area contributed by atoms with Crippen LogP contribution in [0.3, 0.4) is 0 Å². The fourth-order valence-electron chi connectivity index (χ4n) is 2.18. The first kappa shape index (κ1) is 11.3. The van der Waals surface area contributed by atoms with Crippen molar-refractivity contribution in [2.45, 2.75) is 0 Å². The Bertz CT molecular complexity index is 754. The maximum absolute atomic E-state index is 11.0. The van der Waals surface area contributed by atoms with Crippen molar-refractivity contribution in [1.29, 1.82) is 0 Å². The number of hydrogen-bond acceptors (Lipinski definition) is 3. The van der Waals surface area contributed by atoms with Crippen LogP contribution in [0.1, 0.15) is 0 Å². The van der Waals surface area contributed by atoms with Gasteiger partial charge in [0, 0.05) is 17.6 Å². The number of fused-ring (bicyclic) bond motifs is 1. The van der Waals surface area contributed by atoms with E-state index in [4.69, 9.17) is 0 Å². The first-order valence-electron chi connectivity index (χ1n) is 5.85. The SMILES string of the molecule is O=[N+]([O-])c1cccc2c(-c3ccccc3)ccnc12. The molecule has 0 radical (unpaired) electrons. The fraction of sp³-hybridized carbons (Fsp3) is 0. The number of pyridine rings is 1. The molecular weight excluding hydrogens is 240 g/mol. The van der Waals surface area contributed by atoms with Gasteiger partial charge < -0.3 is 0 Å². The van der Waals surface area contributed by atoms with E-state index < -0.39 is 4.92 Å². The Balaban J connectivity index is 2.34. The molecule has 0 spiro atoms. The molecule has 0 aliphatic heterocycles. The van der Waals surface area contributed by atoms with Crippen molar-refractivity contribution in [2.75, 3.05) is 0 Å². The van der Waals surface area contributed by atoms with Gasteiger partial charge in [0.2, 0.25) is 0 Å². The van der Waals surface area contributed by atoms with Gasteiger partial charge in [-0.05, 0) is 17.2 Å². The van der Waals surface area contributed by atoms with Crippen molar-refractivity contribution in [3.05, 3.63) is 70.9 Å². The summed E-state index contributed by atoms with van der Waals surface area (Å²) in [4.78, 5) is 14.8. The Labute approximate surface area is 109 Å². The lowest BCUT2D eigenvalue weighted by atomic mass is 10.0. The molecule has 0 atom stereocenters. The van der Waals surface area contributed by atoms with Crippen molar-refractivity contribution in [1.82, 2.24) is 4.98 Å². The smallest absolute Gasteiger partial charge is 0.258 e. The van der Waals surface area contributed by atoms with Crippen LogP contribution >= 0.6 is 0 Å². The summed E-state index contributed by atoms with van der Waals surface area (Å²) in [5.41, 5.74) is 2.44. The second kappa shape index (κ2) is 4.49. The highest BCUT2D eigenvalue weighted by Crippen LogP contribution is 2.31. The first-order chi connectivity index (χ1) is 9.27. The van der Waals surface area contributed by atoms with E-state index in [1.165, 1.54) is 6.07 Å². The van der Waals surface area contributed by atoms with Gasteiger partial charge in [-0.2, -0.15) is 0 Å². The predicted octanol–water partition coefficient (Wildman–Crippen LogP) is 3.81. The van der Waals surface area contributed by atoms with Gasteiger partial charge in [-0.3, -0.25) is 10.1 Å². The number of nitro groups is 1. The Kier molecular flexibility index (Phi) is 2.68. The highest BCUT2D eigenvalue weighted by molar-refractivity contribution is 5.98. The fourth-order valence-corrected chi connectivity index (χ4v) is 2.18. The Hall–Kier alpha value is -2.75. The standard InChI is InChI=1S/C15H10N2O2/c18-17(19)14-8-4-7-13-12(9-10-16-15(13)14)11-5-2-1-3-6-11/h1-10H. The molecule has 0 amide bonds. The maximum Gasteiger partial charge on any atom is 0.295 e. The second-order valence-electron chi connectivity index (χ2n) is 4.15. The van der Waals surface area contributed by atoms with Crippen LogP contribution in [-0.2, 0) is 0 Å². The summed E-state index contributed by atoms with van der Waals surface area (Å²) in [6.07, 6.45) is 1.61. The Morgan fingerprint density at radius 2 is 1.74 bits per heavy atom. The first-order valence-corrected chi connectivity index (χ1v) is 5.85. The lowest BCUT2D eigenvalue weighted by Gasteiger charge is -2.06. The molecule has 1 heterocycles. The molecule has 0 bridgehead atoms. The van der Waals surface area contributed by atoms with Gasteiger partial charge in [0.15, 0.2) is 0 Å². The summed E-state index contributed by atoms with van der Waals surface area (Å²) >= 11 is 0. The minimum absolute atomic E-state index is 0.0373. The Morgan fingerprint density at radius 3 is 2.47 bits per heavy atom. The van der Waals surface area contributed by atoms with Crippen molar-refractivity contribution >= 4 is 16.6 Å². The normalized spacial score (nSPS) is 10.5. The van der Waals surface area contributed by atoms with Crippen molar-refractivity contribution < 1.29 is 4.92 Å². The molecule has 2 aromatic carbocycles. The average Bonchev–Trinajstić information content (AvgIpc) is 2.46. The molecule has 4 nitrogen and oxygen atoms in total. The van der Waals surface area contributed by atoms with Gasteiger partial charge in [0.05, 0.1) is 4.92 Å². The van der Waals surface area contributed by atoms with Gasteiger partial charge in [0.25, 0.3) is 5.69 Å². The molecule has 0 saturated heterocycles. The molecule has 0 unspecified atom stereocenters. The lowest BCUT2D eigenvalue weighted by Crippen LogP contribution is -1.92. The van der Waals surface area contributed by atoms with Crippen LogP contribution < -0.4 is 0 Å². The molecule has 0 aliphatic rings. The zero-order valence-corrected chi connectivity index (χ0v) is 9.98. The van der Waals surface area contributed by atoms with Crippen LogP contribution in [0.25, 0.3) is 22.0 Å². The van der Waals surface area contributed by atoms with Crippen LogP contribution in [-0.4, -0.2) is 9.91 Å². The van der Waals surface area contributed by atoms with E-state index in [9.17, 15) is 10.1 Å². The number of rotatable bonds is 2. The summed E-state index contributed by atoms with van der Waals surface area (Å²) in [5, 5.41) is 11.8.